The number of rotatable bonds is 1. The van der Waals surface area contributed by atoms with Crippen LogP contribution in [0.2, 0.25) is 0 Å². The van der Waals surface area contributed by atoms with Crippen LogP contribution in [-0.2, 0) is 14.5 Å². The van der Waals surface area contributed by atoms with Gasteiger partial charge >= 0.3 is 5.97 Å². The molecule has 3 heteroatoms. The molecule has 0 saturated heterocycles. The number of ether oxygens (including phenoxy) is 1. The van der Waals surface area contributed by atoms with E-state index in [9.17, 15) is 4.79 Å². The summed E-state index contributed by atoms with van der Waals surface area (Å²) in [5, 5.41) is 1.82. The molecule has 0 saturated carbocycles. The third-order valence-corrected chi connectivity index (χ3v) is 4.36. The summed E-state index contributed by atoms with van der Waals surface area (Å²) in [6.45, 7) is 6.25. The van der Waals surface area contributed by atoms with Crippen molar-refractivity contribution in [2.45, 2.75) is 25.7 Å². The van der Waals surface area contributed by atoms with Gasteiger partial charge in [-0.05, 0) is 5.41 Å². The molecule has 0 aliphatic carbocycles. The Morgan fingerprint density at radius 2 is 1.82 bits per heavy atom. The molecule has 1 aromatic rings. The van der Waals surface area contributed by atoms with Gasteiger partial charge in [0.15, 0.2) is 4.93 Å². The van der Waals surface area contributed by atoms with Crippen LogP contribution in [0.3, 0.4) is 0 Å². The summed E-state index contributed by atoms with van der Waals surface area (Å²) in [5.41, 5.74) is 0.842. The standard InChI is InChI=1S/C14H16O2S/c1-13(2,3)14(11-7-5-4-6-8-11)16-12(15)9-10-17-14/h4-10H,1-3H3. The van der Waals surface area contributed by atoms with E-state index in [-0.39, 0.29) is 11.4 Å². The molecule has 1 atom stereocenters. The number of hydrogen-bond acceptors (Lipinski definition) is 3. The molecular formula is C14H16O2S. The quantitative estimate of drug-likeness (QED) is 0.709. The fourth-order valence-electron chi connectivity index (χ4n) is 1.93. The van der Waals surface area contributed by atoms with E-state index < -0.39 is 4.93 Å². The molecule has 1 aliphatic heterocycles. The monoisotopic (exact) mass is 248 g/mol. The normalized spacial score (nSPS) is 24.5. The maximum atomic E-state index is 11.6. The molecule has 0 spiro atoms. The summed E-state index contributed by atoms with van der Waals surface area (Å²) >= 11 is 1.55. The predicted octanol–water partition coefficient (Wildman–Crippen LogP) is 3.69. The molecule has 1 heterocycles. The summed E-state index contributed by atoms with van der Waals surface area (Å²) in [7, 11) is 0. The van der Waals surface area contributed by atoms with Crippen molar-refractivity contribution in [1.82, 2.24) is 0 Å². The highest BCUT2D eigenvalue weighted by molar-refractivity contribution is 8.03. The Hall–Kier alpha value is -1.22. The lowest BCUT2D eigenvalue weighted by atomic mass is 9.83. The maximum absolute atomic E-state index is 11.6. The zero-order valence-corrected chi connectivity index (χ0v) is 11.1. The van der Waals surface area contributed by atoms with Crippen molar-refractivity contribution >= 4 is 17.7 Å². The minimum absolute atomic E-state index is 0.181. The molecule has 2 rings (SSSR count). The minimum Gasteiger partial charge on any atom is -0.439 e. The van der Waals surface area contributed by atoms with Crippen LogP contribution in [0.5, 0.6) is 0 Å². The Kier molecular flexibility index (Phi) is 3.04. The van der Waals surface area contributed by atoms with Crippen LogP contribution in [0.4, 0.5) is 0 Å². The van der Waals surface area contributed by atoms with Crippen LogP contribution in [-0.4, -0.2) is 5.97 Å². The van der Waals surface area contributed by atoms with E-state index in [4.69, 9.17) is 4.74 Å². The molecule has 90 valence electrons. The average molecular weight is 248 g/mol. The zero-order valence-electron chi connectivity index (χ0n) is 10.3. The van der Waals surface area contributed by atoms with Crippen molar-refractivity contribution in [3.05, 3.63) is 47.4 Å². The Labute approximate surface area is 106 Å². The highest BCUT2D eigenvalue weighted by Crippen LogP contribution is 2.53. The van der Waals surface area contributed by atoms with Gasteiger partial charge < -0.3 is 4.74 Å². The molecule has 2 nitrogen and oxygen atoms in total. The number of carbonyl (C=O) groups is 1. The second kappa shape index (κ2) is 4.22. The largest absolute Gasteiger partial charge is 0.439 e. The predicted molar refractivity (Wildman–Crippen MR) is 70.4 cm³/mol. The zero-order chi connectivity index (χ0) is 12.5. The van der Waals surface area contributed by atoms with E-state index in [0.29, 0.717) is 0 Å². The molecule has 0 aromatic heterocycles. The Morgan fingerprint density at radius 1 is 1.18 bits per heavy atom. The van der Waals surface area contributed by atoms with Crippen LogP contribution >= 0.6 is 11.8 Å². The van der Waals surface area contributed by atoms with Crippen LogP contribution in [0, 0.1) is 5.41 Å². The van der Waals surface area contributed by atoms with E-state index in [1.54, 1.807) is 11.8 Å². The maximum Gasteiger partial charge on any atom is 0.333 e. The second-order valence-electron chi connectivity index (χ2n) is 5.07. The fourth-order valence-corrected chi connectivity index (χ4v) is 3.06. The number of thioether (sulfide) groups is 1. The first-order chi connectivity index (χ1) is 7.96. The van der Waals surface area contributed by atoms with E-state index in [1.807, 2.05) is 35.7 Å². The van der Waals surface area contributed by atoms with Crippen molar-refractivity contribution in [3.8, 4) is 0 Å². The van der Waals surface area contributed by atoms with Gasteiger partial charge in [0.05, 0.1) is 0 Å². The Bertz CT molecular complexity index is 445. The lowest BCUT2D eigenvalue weighted by Gasteiger charge is -2.44. The van der Waals surface area contributed by atoms with Gasteiger partial charge in [-0.1, -0.05) is 62.9 Å². The van der Waals surface area contributed by atoms with E-state index in [1.165, 1.54) is 6.08 Å². The lowest BCUT2D eigenvalue weighted by molar-refractivity contribution is -0.154. The lowest BCUT2D eigenvalue weighted by Crippen LogP contribution is -2.42. The molecular weight excluding hydrogens is 232 g/mol. The smallest absolute Gasteiger partial charge is 0.333 e. The SMILES string of the molecule is CC(C)(C)C1(c2ccccc2)OC(=O)C=CS1. The second-order valence-corrected chi connectivity index (χ2v) is 6.16. The Morgan fingerprint density at radius 3 is 2.35 bits per heavy atom. The summed E-state index contributed by atoms with van der Waals surface area (Å²) in [6, 6.07) is 9.91. The topological polar surface area (TPSA) is 26.3 Å². The summed E-state index contributed by atoms with van der Waals surface area (Å²) in [5.74, 6) is -0.275. The van der Waals surface area contributed by atoms with Gasteiger partial charge in [0.1, 0.15) is 0 Å². The van der Waals surface area contributed by atoms with Crippen molar-refractivity contribution in [2.75, 3.05) is 0 Å². The molecule has 1 unspecified atom stereocenters. The summed E-state index contributed by atoms with van der Waals surface area (Å²) in [6.07, 6.45) is 1.47. The summed E-state index contributed by atoms with van der Waals surface area (Å²) < 4.78 is 5.66. The first-order valence-electron chi connectivity index (χ1n) is 5.58. The molecule has 1 aliphatic rings. The van der Waals surface area contributed by atoms with Crippen molar-refractivity contribution in [3.63, 3.8) is 0 Å². The van der Waals surface area contributed by atoms with Gasteiger partial charge in [0, 0.05) is 17.1 Å². The number of carbonyl (C=O) groups excluding carboxylic acids is 1. The number of hydrogen-bond donors (Lipinski definition) is 0. The van der Waals surface area contributed by atoms with Crippen molar-refractivity contribution in [2.24, 2.45) is 5.41 Å². The fraction of sp³-hybridized carbons (Fsp3) is 0.357. The van der Waals surface area contributed by atoms with Gasteiger partial charge in [0.25, 0.3) is 0 Å². The number of esters is 1. The third-order valence-electron chi connectivity index (χ3n) is 2.82. The minimum atomic E-state index is -0.639. The Balaban J connectivity index is 2.53. The first kappa shape index (κ1) is 12.2. The third kappa shape index (κ3) is 2.12. The molecule has 17 heavy (non-hydrogen) atoms. The van der Waals surface area contributed by atoms with Gasteiger partial charge in [0.2, 0.25) is 0 Å². The number of cyclic esters (lactones) is 1. The van der Waals surface area contributed by atoms with E-state index in [0.717, 1.165) is 5.56 Å². The van der Waals surface area contributed by atoms with E-state index in [2.05, 4.69) is 20.8 Å². The van der Waals surface area contributed by atoms with Crippen LogP contribution in [0.25, 0.3) is 0 Å². The summed E-state index contributed by atoms with van der Waals surface area (Å²) in [4.78, 5) is 10.9. The van der Waals surface area contributed by atoms with Crippen LogP contribution in [0.1, 0.15) is 26.3 Å². The van der Waals surface area contributed by atoms with Crippen LogP contribution in [0.15, 0.2) is 41.8 Å². The van der Waals surface area contributed by atoms with E-state index >= 15 is 0 Å². The average Bonchev–Trinajstić information content (AvgIpc) is 2.28. The first-order valence-corrected chi connectivity index (χ1v) is 6.46. The van der Waals surface area contributed by atoms with Gasteiger partial charge in [-0.2, -0.15) is 0 Å². The highest BCUT2D eigenvalue weighted by Gasteiger charge is 2.48. The van der Waals surface area contributed by atoms with Crippen LogP contribution < -0.4 is 0 Å². The molecule has 1 aromatic carbocycles. The van der Waals surface area contributed by atoms with Gasteiger partial charge in [-0.25, -0.2) is 4.79 Å². The molecule has 0 radical (unpaired) electrons. The molecule has 0 amide bonds. The van der Waals surface area contributed by atoms with Crippen molar-refractivity contribution in [1.29, 1.82) is 0 Å². The van der Waals surface area contributed by atoms with Crippen molar-refractivity contribution < 1.29 is 9.53 Å². The molecule has 0 N–H and O–H groups in total. The molecule has 0 fully saturated rings. The van der Waals surface area contributed by atoms with Gasteiger partial charge in [-0.15, -0.1) is 0 Å². The number of benzene rings is 1. The highest BCUT2D eigenvalue weighted by atomic mass is 32.2. The van der Waals surface area contributed by atoms with Gasteiger partial charge in [-0.3, -0.25) is 0 Å². The molecule has 0 bridgehead atoms.